The number of nitrogens with two attached hydrogens (primary N) is 1. The van der Waals surface area contributed by atoms with Crippen molar-refractivity contribution in [3.05, 3.63) is 35.3 Å². The molecule has 1 saturated heterocycles. The highest BCUT2D eigenvalue weighted by Gasteiger charge is 2.38. The lowest BCUT2D eigenvalue weighted by molar-refractivity contribution is 0.0641. The van der Waals surface area contributed by atoms with E-state index in [-0.39, 0.29) is 5.91 Å². The zero-order chi connectivity index (χ0) is 16.6. The second kappa shape index (κ2) is 5.53. The Labute approximate surface area is 133 Å². The number of nitrogens with one attached hydrogen (secondary N) is 1. The molecule has 1 fully saturated rings. The monoisotopic (exact) mass is 317 g/mol. The smallest absolute Gasteiger partial charge is 0.275 e. The molecule has 3 N–H and O–H groups in total. The molecule has 122 valence electrons. The number of primary amides is 1. The fourth-order valence-electron chi connectivity index (χ4n) is 3.17. The van der Waals surface area contributed by atoms with Crippen LogP contribution in [-0.2, 0) is 5.41 Å². The van der Waals surface area contributed by atoms with Crippen molar-refractivity contribution in [2.75, 3.05) is 13.1 Å². The predicted molar refractivity (Wildman–Crippen MR) is 80.8 cm³/mol. The number of amides is 2. The molecule has 0 saturated carbocycles. The largest absolute Gasteiger partial charge is 0.448 e. The number of carbonyl (C=O) groups is 2. The first kappa shape index (κ1) is 15.3. The quantitative estimate of drug-likeness (QED) is 0.875. The fraction of sp³-hybridized carbons (Fsp3) is 0.467. The van der Waals surface area contributed by atoms with E-state index in [0.29, 0.717) is 35.9 Å². The number of aromatic nitrogens is 3. The van der Waals surface area contributed by atoms with Gasteiger partial charge in [-0.05, 0) is 12.8 Å². The van der Waals surface area contributed by atoms with Crippen LogP contribution < -0.4 is 5.73 Å². The summed E-state index contributed by atoms with van der Waals surface area (Å²) >= 11 is 0. The van der Waals surface area contributed by atoms with Gasteiger partial charge < -0.3 is 15.1 Å². The van der Waals surface area contributed by atoms with E-state index >= 15 is 0 Å². The van der Waals surface area contributed by atoms with Gasteiger partial charge in [0.1, 0.15) is 6.26 Å². The zero-order valence-corrected chi connectivity index (χ0v) is 13.1. The van der Waals surface area contributed by atoms with Gasteiger partial charge >= 0.3 is 0 Å². The molecule has 1 atom stereocenters. The number of piperidine rings is 1. The average Bonchev–Trinajstić information content (AvgIpc) is 3.15. The third-order valence-corrected chi connectivity index (χ3v) is 4.33. The highest BCUT2D eigenvalue weighted by atomic mass is 16.3. The summed E-state index contributed by atoms with van der Waals surface area (Å²) in [7, 11) is 0. The number of aryl methyl sites for hydroxylation is 1. The normalized spacial score (nSPS) is 21.4. The van der Waals surface area contributed by atoms with Crippen molar-refractivity contribution in [3.63, 3.8) is 0 Å². The fourth-order valence-corrected chi connectivity index (χ4v) is 3.17. The number of likely N-dealkylation sites (tertiary alicyclic amines) is 1. The van der Waals surface area contributed by atoms with Crippen LogP contribution in [0.15, 0.2) is 16.9 Å². The minimum absolute atomic E-state index is 0.173. The van der Waals surface area contributed by atoms with Crippen LogP contribution in [0.1, 0.15) is 52.2 Å². The standard InChI is InChI=1S/C15H19N5O3/c1-9-18-11(7-23-9)14(22)20-5-3-4-15(2,8-20)12-10(13(16)21)6-17-19-12/h6-7H,3-5,8H2,1-2H3,(H2,16,21)(H,17,19). The van der Waals surface area contributed by atoms with Crippen molar-refractivity contribution in [1.29, 1.82) is 0 Å². The van der Waals surface area contributed by atoms with E-state index in [1.165, 1.54) is 12.5 Å². The maximum Gasteiger partial charge on any atom is 0.275 e. The second-order valence-corrected chi connectivity index (χ2v) is 6.17. The van der Waals surface area contributed by atoms with Crippen molar-refractivity contribution in [3.8, 4) is 0 Å². The molecule has 0 aromatic carbocycles. The molecular weight excluding hydrogens is 298 g/mol. The minimum atomic E-state index is -0.523. The van der Waals surface area contributed by atoms with E-state index < -0.39 is 11.3 Å². The highest BCUT2D eigenvalue weighted by Crippen LogP contribution is 2.34. The molecule has 0 radical (unpaired) electrons. The van der Waals surface area contributed by atoms with Crippen molar-refractivity contribution < 1.29 is 14.0 Å². The molecule has 8 heteroatoms. The summed E-state index contributed by atoms with van der Waals surface area (Å²) in [5.41, 5.74) is 6.35. The Morgan fingerprint density at radius 3 is 2.91 bits per heavy atom. The number of hydrogen-bond donors (Lipinski definition) is 2. The first-order valence-electron chi connectivity index (χ1n) is 7.46. The maximum absolute atomic E-state index is 12.6. The van der Waals surface area contributed by atoms with Crippen LogP contribution in [-0.4, -0.2) is 45.0 Å². The van der Waals surface area contributed by atoms with E-state index in [1.54, 1.807) is 11.8 Å². The van der Waals surface area contributed by atoms with Gasteiger partial charge in [0.15, 0.2) is 11.6 Å². The second-order valence-electron chi connectivity index (χ2n) is 6.17. The van der Waals surface area contributed by atoms with E-state index in [2.05, 4.69) is 15.2 Å². The molecule has 1 unspecified atom stereocenters. The molecule has 2 aromatic heterocycles. The molecule has 1 aliphatic rings. The van der Waals surface area contributed by atoms with Crippen LogP contribution in [0.4, 0.5) is 0 Å². The lowest BCUT2D eigenvalue weighted by atomic mass is 9.77. The van der Waals surface area contributed by atoms with Gasteiger partial charge in [-0.2, -0.15) is 5.10 Å². The molecule has 2 amide bonds. The zero-order valence-electron chi connectivity index (χ0n) is 13.1. The van der Waals surface area contributed by atoms with Crippen LogP contribution >= 0.6 is 0 Å². The average molecular weight is 317 g/mol. The Balaban J connectivity index is 1.86. The first-order valence-corrected chi connectivity index (χ1v) is 7.46. The summed E-state index contributed by atoms with van der Waals surface area (Å²) in [4.78, 5) is 30.0. The van der Waals surface area contributed by atoms with Crippen molar-refractivity contribution in [1.82, 2.24) is 20.1 Å². The van der Waals surface area contributed by atoms with Gasteiger partial charge in [0.25, 0.3) is 11.8 Å². The number of carbonyl (C=O) groups excluding carboxylic acids is 2. The maximum atomic E-state index is 12.6. The van der Waals surface area contributed by atoms with Gasteiger partial charge in [-0.15, -0.1) is 0 Å². The molecule has 0 bridgehead atoms. The van der Waals surface area contributed by atoms with Gasteiger partial charge in [0.2, 0.25) is 0 Å². The Morgan fingerprint density at radius 1 is 1.48 bits per heavy atom. The Morgan fingerprint density at radius 2 is 2.26 bits per heavy atom. The predicted octanol–water partition coefficient (Wildman–Crippen LogP) is 0.999. The number of rotatable bonds is 3. The summed E-state index contributed by atoms with van der Waals surface area (Å²) in [5.74, 6) is -0.240. The summed E-state index contributed by atoms with van der Waals surface area (Å²) < 4.78 is 5.12. The molecule has 3 rings (SSSR count). The van der Waals surface area contributed by atoms with Crippen LogP contribution in [0.25, 0.3) is 0 Å². The van der Waals surface area contributed by atoms with E-state index in [4.69, 9.17) is 10.2 Å². The summed E-state index contributed by atoms with van der Waals surface area (Å²) in [6.45, 7) is 4.79. The first-order chi connectivity index (χ1) is 10.9. The van der Waals surface area contributed by atoms with E-state index in [0.717, 1.165) is 12.8 Å². The summed E-state index contributed by atoms with van der Waals surface area (Å²) in [6, 6.07) is 0. The van der Waals surface area contributed by atoms with Gasteiger partial charge in [-0.25, -0.2) is 4.98 Å². The SMILES string of the molecule is Cc1nc(C(=O)N2CCCC(C)(c3[nH]ncc3C(N)=O)C2)co1. The van der Waals surface area contributed by atoms with Crippen molar-refractivity contribution in [2.24, 2.45) is 5.73 Å². The molecule has 3 heterocycles. The topological polar surface area (TPSA) is 118 Å². The third kappa shape index (κ3) is 2.71. The van der Waals surface area contributed by atoms with Crippen molar-refractivity contribution in [2.45, 2.75) is 32.1 Å². The van der Waals surface area contributed by atoms with Gasteiger partial charge in [0, 0.05) is 25.4 Å². The van der Waals surface area contributed by atoms with Gasteiger partial charge in [-0.1, -0.05) is 6.92 Å². The molecule has 23 heavy (non-hydrogen) atoms. The summed E-state index contributed by atoms with van der Waals surface area (Å²) in [6.07, 6.45) is 4.45. The lowest BCUT2D eigenvalue weighted by Crippen LogP contribution is -2.48. The van der Waals surface area contributed by atoms with Crippen LogP contribution in [0.5, 0.6) is 0 Å². The van der Waals surface area contributed by atoms with Crippen LogP contribution in [0, 0.1) is 6.92 Å². The van der Waals surface area contributed by atoms with E-state index in [9.17, 15) is 9.59 Å². The Kier molecular flexibility index (Phi) is 3.67. The number of hydrogen-bond acceptors (Lipinski definition) is 5. The number of aromatic amines is 1. The Hall–Kier alpha value is -2.64. The minimum Gasteiger partial charge on any atom is -0.448 e. The molecule has 8 nitrogen and oxygen atoms in total. The third-order valence-electron chi connectivity index (χ3n) is 4.33. The van der Waals surface area contributed by atoms with Crippen LogP contribution in [0.2, 0.25) is 0 Å². The van der Waals surface area contributed by atoms with Gasteiger partial charge in [0.05, 0.1) is 17.5 Å². The number of oxazole rings is 1. The molecule has 0 spiro atoms. The summed E-state index contributed by atoms with van der Waals surface area (Å²) in [5, 5.41) is 6.82. The van der Waals surface area contributed by atoms with Gasteiger partial charge in [-0.3, -0.25) is 14.7 Å². The van der Waals surface area contributed by atoms with Crippen LogP contribution in [0.3, 0.4) is 0 Å². The molecule has 2 aromatic rings. The molecule has 0 aliphatic carbocycles. The molecule has 1 aliphatic heterocycles. The highest BCUT2D eigenvalue weighted by molar-refractivity contribution is 5.94. The Bertz CT molecular complexity index is 750. The van der Waals surface area contributed by atoms with Crippen molar-refractivity contribution >= 4 is 11.8 Å². The van der Waals surface area contributed by atoms with E-state index in [1.807, 2.05) is 6.92 Å². The lowest BCUT2D eigenvalue weighted by Gasteiger charge is -2.39. The number of nitrogens with zero attached hydrogens (tertiary/aromatic N) is 3. The number of H-pyrrole nitrogens is 1. The molecular formula is C15H19N5O3.